The lowest BCUT2D eigenvalue weighted by molar-refractivity contribution is -0.157. The van der Waals surface area contributed by atoms with Crippen LogP contribution in [0, 0.1) is 5.92 Å². The number of hydrogen-bond acceptors (Lipinski definition) is 12. The summed E-state index contributed by atoms with van der Waals surface area (Å²) in [6.45, 7) is 12.4. The molecule has 1 heterocycles. The molecule has 0 radical (unpaired) electrons. The summed E-state index contributed by atoms with van der Waals surface area (Å²) < 4.78 is 35.5. The van der Waals surface area contributed by atoms with Crippen LogP contribution in [0.5, 0.6) is 0 Å². The molecule has 1 aromatic heterocycles. The van der Waals surface area contributed by atoms with Crippen molar-refractivity contribution in [3.8, 4) is 11.1 Å². The van der Waals surface area contributed by atoms with Gasteiger partial charge in [0.2, 0.25) is 5.91 Å². The Bertz CT molecular complexity index is 2200. The van der Waals surface area contributed by atoms with E-state index in [1.54, 1.807) is 39.9 Å². The minimum absolute atomic E-state index is 0.0680. The van der Waals surface area contributed by atoms with Crippen molar-refractivity contribution in [3.05, 3.63) is 95.7 Å². The van der Waals surface area contributed by atoms with E-state index in [0.717, 1.165) is 38.9 Å². The van der Waals surface area contributed by atoms with Gasteiger partial charge in [0.15, 0.2) is 6.73 Å². The highest BCUT2D eigenvalue weighted by molar-refractivity contribution is 5.85. The molecule has 1 N–H and O–H groups in total. The van der Waals surface area contributed by atoms with Crippen LogP contribution in [0.25, 0.3) is 22.0 Å². The number of esters is 3. The first-order valence-corrected chi connectivity index (χ1v) is 22.3. The topological polar surface area (TPSA) is 164 Å². The fraction of sp³-hybridized carbons (Fsp3) is 0.500. The zero-order valence-electron chi connectivity index (χ0n) is 39.2. The summed E-state index contributed by atoms with van der Waals surface area (Å²) in [6.07, 6.45) is 0.00959. The number of aromatic nitrogens is 1. The van der Waals surface area contributed by atoms with E-state index in [-0.39, 0.29) is 77.2 Å². The molecule has 0 saturated heterocycles. The van der Waals surface area contributed by atoms with Gasteiger partial charge in [-0.3, -0.25) is 19.2 Å². The lowest BCUT2D eigenvalue weighted by Gasteiger charge is -2.28. The van der Waals surface area contributed by atoms with Crippen LogP contribution < -0.4 is 5.32 Å². The summed E-state index contributed by atoms with van der Waals surface area (Å²) >= 11 is 0. The third kappa shape index (κ3) is 15.4. The van der Waals surface area contributed by atoms with Crippen LogP contribution in [0.1, 0.15) is 96.4 Å². The van der Waals surface area contributed by atoms with Gasteiger partial charge < -0.3 is 38.3 Å². The van der Waals surface area contributed by atoms with Crippen molar-refractivity contribution >= 4 is 40.8 Å². The predicted octanol–water partition coefficient (Wildman–Crippen LogP) is 7.77. The second-order valence-electron chi connectivity index (χ2n) is 18.1. The largest absolute Gasteiger partial charge is 0.460 e. The normalized spacial score (nSPS) is 12.9. The Balaban J connectivity index is 1.12. The maximum atomic E-state index is 13.5. The highest BCUT2D eigenvalue weighted by Gasteiger charge is 2.30. The summed E-state index contributed by atoms with van der Waals surface area (Å²) in [5, 5.41) is 6.88. The molecule has 0 spiro atoms. The second kappa shape index (κ2) is 23.4. The van der Waals surface area contributed by atoms with Crippen LogP contribution in [0.4, 0.5) is 4.79 Å². The van der Waals surface area contributed by atoms with Crippen molar-refractivity contribution in [3.63, 3.8) is 0 Å². The number of amides is 2. The lowest BCUT2D eigenvalue weighted by Crippen LogP contribution is -2.41. The van der Waals surface area contributed by atoms with E-state index >= 15 is 0 Å². The number of para-hydroxylation sites is 1. The van der Waals surface area contributed by atoms with Gasteiger partial charge in [0.25, 0.3) is 0 Å². The third-order valence-electron chi connectivity index (χ3n) is 10.7. The number of nitrogens with one attached hydrogen (secondary N) is 1. The Morgan fingerprint density at radius 1 is 0.708 bits per heavy atom. The summed E-state index contributed by atoms with van der Waals surface area (Å²) in [7, 11) is 3.42. The van der Waals surface area contributed by atoms with Crippen molar-refractivity contribution in [1.82, 2.24) is 19.9 Å². The van der Waals surface area contributed by atoms with Gasteiger partial charge in [0, 0.05) is 63.0 Å². The lowest BCUT2D eigenvalue weighted by atomic mass is 9.98. The van der Waals surface area contributed by atoms with Gasteiger partial charge >= 0.3 is 24.0 Å². The van der Waals surface area contributed by atoms with E-state index in [1.165, 1.54) is 5.01 Å². The number of carbonyl (C=O) groups excluding carboxylic acids is 5. The molecule has 1 atom stereocenters. The van der Waals surface area contributed by atoms with Gasteiger partial charge in [-0.25, -0.2) is 14.8 Å². The number of ether oxygens (including phenoxy) is 6. The minimum Gasteiger partial charge on any atom is -0.460 e. The summed E-state index contributed by atoms with van der Waals surface area (Å²) in [4.78, 5) is 64.8. The molecule has 0 unspecified atom stereocenters. The molecule has 15 heteroatoms. The monoisotopic (exact) mass is 898 g/mol. The maximum Gasteiger partial charge on any atom is 0.424 e. The first kappa shape index (κ1) is 50.2. The molecule has 352 valence electrons. The Morgan fingerprint density at radius 2 is 1.29 bits per heavy atom. The van der Waals surface area contributed by atoms with Gasteiger partial charge in [0.1, 0.15) is 17.8 Å². The fourth-order valence-corrected chi connectivity index (χ4v) is 7.55. The molecule has 0 bridgehead atoms. The number of benzene rings is 3. The van der Waals surface area contributed by atoms with Gasteiger partial charge in [-0.05, 0) is 88.8 Å². The molecular formula is C50H66N4O11. The van der Waals surface area contributed by atoms with Gasteiger partial charge in [0.05, 0.1) is 38.3 Å². The number of rotatable bonds is 23. The van der Waals surface area contributed by atoms with Crippen LogP contribution in [-0.2, 0) is 60.9 Å². The zero-order valence-corrected chi connectivity index (χ0v) is 39.2. The van der Waals surface area contributed by atoms with Crippen molar-refractivity contribution < 1.29 is 52.4 Å². The number of nitrogens with zero attached hydrogens (tertiary/aromatic N) is 3. The number of fused-ring (bicyclic) bond motifs is 4. The molecule has 0 aliphatic heterocycles. The molecule has 65 heavy (non-hydrogen) atoms. The molecule has 0 fully saturated rings. The number of hydrogen-bond donors (Lipinski definition) is 1. The molecule has 15 nitrogen and oxygen atoms in total. The highest BCUT2D eigenvalue weighted by Crippen LogP contribution is 2.44. The van der Waals surface area contributed by atoms with Crippen molar-refractivity contribution in [2.24, 2.45) is 5.92 Å². The molecule has 2 amide bonds. The van der Waals surface area contributed by atoms with E-state index in [2.05, 4.69) is 29.6 Å². The molecule has 4 aromatic rings. The average Bonchev–Trinajstić information content (AvgIpc) is 3.76. The SMILES string of the molecule is CN(Cc1cc2ccccc2n1COC(=O)C[C@@H](CCC(=O)OC(C)(C)C)C(=O)NCCOCCOCCCC(=O)OC(C)(C)C)N(C)C(=O)OCC1c2ccccc2-c2ccccc21. The van der Waals surface area contributed by atoms with Crippen LogP contribution in [0.15, 0.2) is 78.9 Å². The number of carbonyl (C=O) groups is 5. The first-order chi connectivity index (χ1) is 30.9. The Labute approximate surface area is 382 Å². The highest BCUT2D eigenvalue weighted by atomic mass is 16.6. The fourth-order valence-electron chi connectivity index (χ4n) is 7.55. The van der Waals surface area contributed by atoms with Crippen molar-refractivity contribution in [1.29, 1.82) is 0 Å². The van der Waals surface area contributed by atoms with E-state index < -0.39 is 41.1 Å². The first-order valence-electron chi connectivity index (χ1n) is 22.3. The zero-order chi connectivity index (χ0) is 47.1. The van der Waals surface area contributed by atoms with Crippen LogP contribution >= 0.6 is 0 Å². The number of hydrazine groups is 1. The molecule has 1 aliphatic carbocycles. The van der Waals surface area contributed by atoms with E-state index in [4.69, 9.17) is 28.4 Å². The van der Waals surface area contributed by atoms with Gasteiger partial charge in [-0.15, -0.1) is 0 Å². The summed E-state index contributed by atoms with van der Waals surface area (Å²) in [5.41, 5.74) is 4.90. The summed E-state index contributed by atoms with van der Waals surface area (Å²) in [5.74, 6) is -2.74. The Hall–Kier alpha value is -5.77. The van der Waals surface area contributed by atoms with E-state index in [1.807, 2.05) is 79.9 Å². The van der Waals surface area contributed by atoms with Crippen LogP contribution in [-0.4, -0.2) is 109 Å². The maximum absolute atomic E-state index is 13.5. The minimum atomic E-state index is -0.874. The van der Waals surface area contributed by atoms with Crippen molar-refractivity contribution in [2.75, 3.05) is 53.7 Å². The average molecular weight is 899 g/mol. The second-order valence-corrected chi connectivity index (χ2v) is 18.1. The van der Waals surface area contributed by atoms with Gasteiger partial charge in [-0.1, -0.05) is 66.7 Å². The molecule has 0 saturated carbocycles. The molecular weight excluding hydrogens is 833 g/mol. The Morgan fingerprint density at radius 3 is 1.94 bits per heavy atom. The molecule has 5 rings (SSSR count). The predicted molar refractivity (Wildman–Crippen MR) is 245 cm³/mol. The quantitative estimate of drug-likeness (QED) is 0.0334. The molecule has 3 aromatic carbocycles. The third-order valence-corrected chi connectivity index (χ3v) is 10.7. The van der Waals surface area contributed by atoms with E-state index in [0.29, 0.717) is 19.6 Å². The Kier molecular flexibility index (Phi) is 18.1. The van der Waals surface area contributed by atoms with Crippen LogP contribution in [0.2, 0.25) is 0 Å². The van der Waals surface area contributed by atoms with E-state index in [9.17, 15) is 24.0 Å². The van der Waals surface area contributed by atoms with Gasteiger partial charge in [-0.2, -0.15) is 0 Å². The standard InChI is InChI=1S/C50H66N4O11/c1-49(2,3)64-44(55)22-15-26-60-28-29-61-27-25-51-47(58)36(23-24-45(56)65-50(4,5)6)31-46(57)63-34-54-37(30-35-16-9-14-21-43(35)54)32-52(7)53(8)48(59)62-33-42-40-19-12-10-17-38(40)39-18-11-13-20-41(39)42/h9-14,16-21,30,36,42H,15,22-29,31-34H2,1-8H3,(H,51,58)/t36-/m1/s1. The molecule has 1 aliphatic rings. The van der Waals surface area contributed by atoms with Crippen molar-refractivity contribution in [2.45, 2.75) is 104 Å². The summed E-state index contributed by atoms with van der Waals surface area (Å²) in [6, 6.07) is 26.0. The smallest absolute Gasteiger partial charge is 0.424 e. The van der Waals surface area contributed by atoms with Crippen LogP contribution in [0.3, 0.4) is 0 Å².